The first-order chi connectivity index (χ1) is 35.5. The molecule has 0 bridgehead atoms. The van der Waals surface area contributed by atoms with Crippen LogP contribution in [0.4, 0.5) is 0 Å². The van der Waals surface area contributed by atoms with Crippen LogP contribution in [0.15, 0.2) is 11.6 Å². The molecular weight excluding hydrogens is 1000 g/mol. The Morgan fingerprint density at radius 3 is 1.75 bits per heavy atom. The molecule has 4 heterocycles. The Labute approximate surface area is 445 Å². The van der Waals surface area contributed by atoms with Crippen molar-refractivity contribution in [2.45, 2.75) is 261 Å². The van der Waals surface area contributed by atoms with Crippen molar-refractivity contribution in [1.82, 2.24) is 0 Å². The van der Waals surface area contributed by atoms with Gasteiger partial charge in [-0.05, 0) is 131 Å². The van der Waals surface area contributed by atoms with E-state index in [9.17, 15) is 71.5 Å². The maximum Gasteiger partial charge on any atom is 0.187 e. The fourth-order valence-corrected chi connectivity index (χ4v) is 16.2. The van der Waals surface area contributed by atoms with Gasteiger partial charge in [0.2, 0.25) is 0 Å². The van der Waals surface area contributed by atoms with Gasteiger partial charge in [-0.2, -0.15) is 0 Å². The van der Waals surface area contributed by atoms with Crippen LogP contribution in [0, 0.1) is 45.3 Å². The Morgan fingerprint density at radius 2 is 1.13 bits per heavy atom. The number of ether oxygens (including phenoxy) is 8. The largest absolute Gasteiger partial charge is 0.394 e. The predicted molar refractivity (Wildman–Crippen MR) is 265 cm³/mol. The number of hydrogen-bond acceptors (Lipinski definition) is 22. The third-order valence-electron chi connectivity index (χ3n) is 20.9. The maximum atomic E-state index is 12.8. The summed E-state index contributed by atoms with van der Waals surface area (Å²) in [6.07, 6.45) is -24.1. The molecule has 4 saturated heterocycles. The van der Waals surface area contributed by atoms with Gasteiger partial charge < -0.3 is 109 Å². The van der Waals surface area contributed by atoms with Crippen molar-refractivity contribution < 1.29 is 109 Å². The lowest BCUT2D eigenvalue weighted by molar-refractivity contribution is -0.382. The second-order valence-corrected chi connectivity index (χ2v) is 25.7. The highest BCUT2D eigenvalue weighted by atomic mass is 16.8. The van der Waals surface area contributed by atoms with E-state index in [-0.39, 0.29) is 39.9 Å². The molecule has 22 heteroatoms. The predicted octanol–water partition coefficient (Wildman–Crippen LogP) is -1.17. The average molecular weight is 1090 g/mol. The van der Waals surface area contributed by atoms with Crippen LogP contribution in [-0.4, -0.2) is 232 Å². The van der Waals surface area contributed by atoms with E-state index >= 15 is 0 Å². The molecule has 4 aliphatic carbocycles. The molecule has 0 amide bonds. The lowest BCUT2D eigenvalue weighted by Crippen LogP contribution is -2.68. The van der Waals surface area contributed by atoms with Crippen molar-refractivity contribution in [3.63, 3.8) is 0 Å². The molecular formula is C54H92O22. The van der Waals surface area contributed by atoms with Crippen LogP contribution in [0.25, 0.3) is 0 Å². The van der Waals surface area contributed by atoms with Crippen molar-refractivity contribution in [1.29, 1.82) is 0 Å². The molecule has 0 aromatic rings. The van der Waals surface area contributed by atoms with E-state index in [1.807, 2.05) is 20.8 Å². The van der Waals surface area contributed by atoms with Gasteiger partial charge in [0, 0.05) is 0 Å². The number of aliphatic hydroxyl groups is 14. The quantitative estimate of drug-likeness (QED) is 0.0678. The smallest absolute Gasteiger partial charge is 0.187 e. The lowest BCUT2D eigenvalue weighted by Gasteiger charge is -2.71. The summed E-state index contributed by atoms with van der Waals surface area (Å²) >= 11 is 0. The van der Waals surface area contributed by atoms with Gasteiger partial charge in [0.1, 0.15) is 91.6 Å². The number of hydrogen-bond donors (Lipinski definition) is 14. The third-order valence-corrected chi connectivity index (χ3v) is 20.9. The van der Waals surface area contributed by atoms with Gasteiger partial charge in [-0.15, -0.1) is 0 Å². The minimum atomic E-state index is -1.87. The third kappa shape index (κ3) is 10.5. The van der Waals surface area contributed by atoms with Crippen LogP contribution in [0.3, 0.4) is 0 Å². The monoisotopic (exact) mass is 1090 g/mol. The summed E-state index contributed by atoms with van der Waals surface area (Å²) < 4.78 is 49.3. The van der Waals surface area contributed by atoms with Gasteiger partial charge in [-0.1, -0.05) is 46.3 Å². The molecule has 0 spiro atoms. The molecule has 0 aromatic carbocycles. The van der Waals surface area contributed by atoms with Crippen LogP contribution in [0.2, 0.25) is 0 Å². The van der Waals surface area contributed by atoms with Crippen LogP contribution in [0.1, 0.15) is 120 Å². The van der Waals surface area contributed by atoms with Crippen LogP contribution >= 0.6 is 0 Å². The zero-order valence-corrected chi connectivity index (χ0v) is 45.6. The summed E-state index contributed by atoms with van der Waals surface area (Å²) in [5.74, 6) is -0.362. The van der Waals surface area contributed by atoms with Gasteiger partial charge in [0.15, 0.2) is 25.2 Å². The lowest BCUT2D eigenvalue weighted by atomic mass is 9.35. The first-order valence-corrected chi connectivity index (χ1v) is 27.7. The number of fused-ring (bicyclic) bond motifs is 5. The summed E-state index contributed by atoms with van der Waals surface area (Å²) in [4.78, 5) is 0. The molecule has 0 unspecified atom stereocenters. The molecule has 4 saturated carbocycles. The normalized spacial score (nSPS) is 53.2. The zero-order valence-electron chi connectivity index (χ0n) is 45.6. The average Bonchev–Trinajstić information content (AvgIpc) is 3.95. The molecule has 76 heavy (non-hydrogen) atoms. The molecule has 4 aliphatic heterocycles. The number of allylic oxidation sites excluding steroid dienone is 2. The van der Waals surface area contributed by atoms with Gasteiger partial charge in [0.05, 0.1) is 43.7 Å². The van der Waals surface area contributed by atoms with Gasteiger partial charge in [-0.3, -0.25) is 0 Å². The maximum absolute atomic E-state index is 12.8. The molecule has 30 atom stereocenters. The minimum Gasteiger partial charge on any atom is -0.394 e. The Bertz CT molecular complexity index is 1980. The van der Waals surface area contributed by atoms with Gasteiger partial charge in [-0.25, -0.2) is 0 Å². The number of rotatable bonds is 15. The van der Waals surface area contributed by atoms with E-state index in [0.29, 0.717) is 38.5 Å². The fourth-order valence-electron chi connectivity index (χ4n) is 16.2. The molecule has 0 aromatic heterocycles. The molecule has 8 rings (SSSR count). The van der Waals surface area contributed by atoms with E-state index < -0.39 is 166 Å². The van der Waals surface area contributed by atoms with Crippen molar-refractivity contribution >= 4 is 0 Å². The van der Waals surface area contributed by atoms with E-state index in [4.69, 9.17) is 37.9 Å². The summed E-state index contributed by atoms with van der Waals surface area (Å²) in [6, 6.07) is 0. The highest BCUT2D eigenvalue weighted by Gasteiger charge is 2.72. The zero-order chi connectivity index (χ0) is 55.9. The van der Waals surface area contributed by atoms with Gasteiger partial charge in [0.25, 0.3) is 0 Å². The highest BCUT2D eigenvalue weighted by molar-refractivity contribution is 5.20. The standard InChI is InChI=1S/C54H92O22/c1-23(2)11-10-15-54(9,76-48-44(68)40(64)36(60)28(21-56)72-48)25-12-17-53(8)33(25)26(57)19-31-51(6)16-14-32(50(4,5)30(51)13-18-52(31,53)7)74-49-45(75-47-43(67)39(63)35(59)27(20-55)71-47)41(65)37(61)29(73-49)22-69-46-42(66)38(62)34(58)24(3)70-46/h11,24-49,55-68H,10,12-22H2,1-9H3/t24-,25+,26-,27-,28-,29-,30-,31-,32-,33+,34-,35-,36-,37-,38+,39+,40+,41+,42-,43-,44-,45-,46-,47+,48+,49+,51-,52-,53+,54-/m0/s1. The van der Waals surface area contributed by atoms with E-state index in [2.05, 4.69) is 40.7 Å². The summed E-state index contributed by atoms with van der Waals surface area (Å²) in [6.45, 7) is 16.9. The second kappa shape index (κ2) is 22.9. The molecule has 22 nitrogen and oxygen atoms in total. The molecule has 8 fully saturated rings. The number of aliphatic hydroxyl groups excluding tert-OH is 14. The Kier molecular flexibility index (Phi) is 18.4. The van der Waals surface area contributed by atoms with Crippen molar-refractivity contribution in [2.75, 3.05) is 19.8 Å². The van der Waals surface area contributed by atoms with Crippen molar-refractivity contribution in [3.05, 3.63) is 11.6 Å². The first kappa shape index (κ1) is 60.9. The molecule has 14 N–H and O–H groups in total. The van der Waals surface area contributed by atoms with Crippen LogP contribution in [-0.2, 0) is 37.9 Å². The van der Waals surface area contributed by atoms with Gasteiger partial charge >= 0.3 is 0 Å². The molecule has 8 aliphatic rings. The first-order valence-electron chi connectivity index (χ1n) is 27.7. The second-order valence-electron chi connectivity index (χ2n) is 25.7. The van der Waals surface area contributed by atoms with E-state index in [1.165, 1.54) is 6.92 Å². The molecule has 0 radical (unpaired) electrons. The molecule has 440 valence electrons. The van der Waals surface area contributed by atoms with Crippen molar-refractivity contribution in [2.24, 2.45) is 45.3 Å². The Hall–Kier alpha value is -1.14. The fraction of sp³-hybridized carbons (Fsp3) is 0.963. The van der Waals surface area contributed by atoms with Crippen LogP contribution in [0.5, 0.6) is 0 Å². The van der Waals surface area contributed by atoms with E-state index in [0.717, 1.165) is 24.8 Å². The van der Waals surface area contributed by atoms with Crippen molar-refractivity contribution in [3.8, 4) is 0 Å². The Balaban J connectivity index is 1.04. The topological polar surface area (TPSA) is 357 Å². The summed E-state index contributed by atoms with van der Waals surface area (Å²) in [7, 11) is 0. The SMILES string of the molecule is CC(C)=CCC[C@](C)(O[C@H]1O[C@@H](CO)[C@H](O)[C@@H](O)[C@@H]1O)[C@@H]1CC[C@]2(C)[C@H]1[C@@H](O)C[C@H]1[C@@]3(C)CC[C@H](O[C@H]4O[C@@H](CO[C@H]5O[C@@H](C)[C@H](O)[C@@H](O)[C@@H]5O)[C@H](O)[C@@H](O)[C@@H]4O[C@H]4O[C@@H](CO)[C@H](O)[C@@H](O)[C@@H]4O)C(C)(C)[C@@H]3CC[C@@]12C. The summed E-state index contributed by atoms with van der Waals surface area (Å²) in [5.41, 5.74) is -1.44. The van der Waals surface area contributed by atoms with E-state index in [1.54, 1.807) is 0 Å². The summed E-state index contributed by atoms with van der Waals surface area (Å²) in [5, 5.41) is 152. The Morgan fingerprint density at radius 1 is 0.579 bits per heavy atom. The van der Waals surface area contributed by atoms with Crippen LogP contribution < -0.4 is 0 Å². The highest BCUT2D eigenvalue weighted by Crippen LogP contribution is 2.76. The minimum absolute atomic E-state index is 0.0157.